The minimum atomic E-state index is 0.494. The third-order valence-electron chi connectivity index (χ3n) is 11.4. The molecule has 12 rings (SSSR count). The van der Waals surface area contributed by atoms with Crippen LogP contribution in [0.25, 0.3) is 111 Å². The first kappa shape index (κ1) is 32.9. The largest absolute Gasteiger partial charge is 0.454 e. The summed E-state index contributed by atoms with van der Waals surface area (Å²) in [6.07, 6.45) is 0. The van der Waals surface area contributed by atoms with E-state index in [1.54, 1.807) is 0 Å². The number of nitrogens with zero attached hydrogens (tertiary/aromatic N) is 6. The van der Waals surface area contributed by atoms with Gasteiger partial charge in [0.1, 0.15) is 11.7 Å². The molecule has 0 aliphatic heterocycles. The highest BCUT2D eigenvalue weighted by Crippen LogP contribution is 2.45. The minimum Gasteiger partial charge on any atom is -0.454 e. The fraction of sp³-hybridized carbons (Fsp3) is 0. The van der Waals surface area contributed by atoms with Crippen molar-refractivity contribution >= 4 is 65.6 Å². The molecule has 0 amide bonds. The van der Waals surface area contributed by atoms with Gasteiger partial charge in [-0.25, -0.2) is 15.0 Å². The van der Waals surface area contributed by atoms with E-state index in [2.05, 4.69) is 106 Å². The molecule has 8 aromatic carbocycles. The van der Waals surface area contributed by atoms with E-state index in [1.165, 1.54) is 5.39 Å². The topological polar surface area (TPSA) is 85.5 Å². The van der Waals surface area contributed by atoms with Gasteiger partial charge in [-0.15, -0.1) is 0 Å². The Labute approximate surface area is 337 Å². The van der Waals surface area contributed by atoms with Gasteiger partial charge in [0.05, 0.1) is 33.3 Å². The Balaban J connectivity index is 1.09. The molecule has 59 heavy (non-hydrogen) atoms. The number of benzene rings is 8. The first-order chi connectivity index (χ1) is 29.2. The van der Waals surface area contributed by atoms with Crippen molar-refractivity contribution in [1.29, 1.82) is 5.26 Å². The van der Waals surface area contributed by atoms with E-state index in [4.69, 9.17) is 19.4 Å². The van der Waals surface area contributed by atoms with Gasteiger partial charge in [-0.2, -0.15) is 5.26 Å². The molecule has 0 fully saturated rings. The lowest BCUT2D eigenvalue weighted by atomic mass is 10.0. The van der Waals surface area contributed by atoms with Gasteiger partial charge in [0.15, 0.2) is 23.1 Å². The molecule has 4 aromatic heterocycles. The van der Waals surface area contributed by atoms with Crippen molar-refractivity contribution < 1.29 is 4.42 Å². The standard InChI is InChI=1S/C52H30N6O/c53-31-35-30-34(52-55-50(32-14-4-1-5-15-32)54-51(56-52)33-16-6-2-7-17-33)24-27-41(35)58-43-23-13-11-21-39(43)46-44(58)28-29-45-47(46)40-26-25-38-37-20-10-12-22-42(37)57(48(38)49(40)59-45)36-18-8-3-9-19-36/h1-30H. The van der Waals surface area contributed by atoms with Crippen LogP contribution in [0, 0.1) is 11.3 Å². The van der Waals surface area contributed by atoms with Crippen LogP contribution in [0.4, 0.5) is 0 Å². The summed E-state index contributed by atoms with van der Waals surface area (Å²) >= 11 is 0. The predicted molar refractivity (Wildman–Crippen MR) is 237 cm³/mol. The second kappa shape index (κ2) is 12.8. The zero-order valence-corrected chi connectivity index (χ0v) is 31.4. The molecule has 0 bridgehead atoms. The maximum atomic E-state index is 10.8. The number of hydrogen-bond donors (Lipinski definition) is 0. The fourth-order valence-electron chi connectivity index (χ4n) is 8.83. The number of para-hydroxylation sites is 3. The lowest BCUT2D eigenvalue weighted by Crippen LogP contribution is -2.02. The average molecular weight is 755 g/mol. The first-order valence-electron chi connectivity index (χ1n) is 19.5. The lowest BCUT2D eigenvalue weighted by Gasteiger charge is -2.12. The van der Waals surface area contributed by atoms with Gasteiger partial charge in [-0.1, -0.05) is 121 Å². The van der Waals surface area contributed by atoms with E-state index in [1.807, 2.05) is 91.0 Å². The summed E-state index contributed by atoms with van der Waals surface area (Å²) in [5.74, 6) is 1.63. The number of nitriles is 1. The van der Waals surface area contributed by atoms with Gasteiger partial charge in [-0.3, -0.25) is 0 Å². The van der Waals surface area contributed by atoms with Crippen molar-refractivity contribution in [1.82, 2.24) is 24.1 Å². The van der Waals surface area contributed by atoms with Gasteiger partial charge < -0.3 is 13.6 Å². The molecule has 7 heteroatoms. The van der Waals surface area contributed by atoms with Crippen LogP contribution in [0.15, 0.2) is 186 Å². The maximum absolute atomic E-state index is 10.8. The van der Waals surface area contributed by atoms with Crippen LogP contribution in [0.3, 0.4) is 0 Å². The summed E-state index contributed by atoms with van der Waals surface area (Å²) in [5, 5.41) is 17.4. The normalized spacial score (nSPS) is 11.7. The third kappa shape index (κ3) is 4.97. The third-order valence-corrected chi connectivity index (χ3v) is 11.4. The minimum absolute atomic E-state index is 0.494. The molecule has 4 heterocycles. The molecule has 274 valence electrons. The Hall–Kier alpha value is -8.34. The average Bonchev–Trinajstić information content (AvgIpc) is 3.97. The van der Waals surface area contributed by atoms with Crippen molar-refractivity contribution in [3.8, 4) is 51.6 Å². The predicted octanol–water partition coefficient (Wildman–Crippen LogP) is 12.8. The van der Waals surface area contributed by atoms with Crippen molar-refractivity contribution in [3.05, 3.63) is 188 Å². The lowest BCUT2D eigenvalue weighted by molar-refractivity contribution is 0.671. The fourth-order valence-corrected chi connectivity index (χ4v) is 8.83. The van der Waals surface area contributed by atoms with Crippen LogP contribution in [0.1, 0.15) is 5.56 Å². The molecule has 0 spiro atoms. The molecule has 0 aliphatic rings. The summed E-state index contributed by atoms with van der Waals surface area (Å²) in [6, 6.07) is 64.2. The number of fused-ring (bicyclic) bond motifs is 11. The summed E-state index contributed by atoms with van der Waals surface area (Å²) in [7, 11) is 0. The van der Waals surface area contributed by atoms with Crippen LogP contribution in [0.2, 0.25) is 0 Å². The Kier molecular flexibility index (Phi) is 7.16. The molecule has 7 nitrogen and oxygen atoms in total. The smallest absolute Gasteiger partial charge is 0.164 e. The van der Waals surface area contributed by atoms with Gasteiger partial charge >= 0.3 is 0 Å². The van der Waals surface area contributed by atoms with Crippen molar-refractivity contribution in [3.63, 3.8) is 0 Å². The monoisotopic (exact) mass is 754 g/mol. The summed E-state index contributed by atoms with van der Waals surface area (Å²) in [4.78, 5) is 14.7. The van der Waals surface area contributed by atoms with Crippen LogP contribution < -0.4 is 0 Å². The van der Waals surface area contributed by atoms with Gasteiger partial charge in [0, 0.05) is 54.7 Å². The second-order valence-electron chi connectivity index (χ2n) is 14.7. The number of hydrogen-bond acceptors (Lipinski definition) is 5. The van der Waals surface area contributed by atoms with Crippen molar-refractivity contribution in [2.75, 3.05) is 0 Å². The molecule has 0 unspecified atom stereocenters. The highest BCUT2D eigenvalue weighted by molar-refractivity contribution is 6.30. The van der Waals surface area contributed by atoms with Gasteiger partial charge in [-0.05, 0) is 60.7 Å². The molecule has 0 radical (unpaired) electrons. The van der Waals surface area contributed by atoms with E-state index >= 15 is 0 Å². The molecule has 0 aliphatic carbocycles. The molecule has 0 N–H and O–H groups in total. The molecular weight excluding hydrogens is 725 g/mol. The van der Waals surface area contributed by atoms with Crippen molar-refractivity contribution in [2.24, 2.45) is 0 Å². The number of rotatable bonds is 5. The number of furan rings is 1. The Bertz CT molecular complexity index is 3610. The maximum Gasteiger partial charge on any atom is 0.164 e. The first-order valence-corrected chi connectivity index (χ1v) is 19.5. The SMILES string of the molecule is N#Cc1cc(-c2nc(-c3ccccc3)nc(-c3ccccc3)n2)ccc1-n1c2ccccc2c2c3c(ccc21)oc1c3ccc2c3ccccc3n(-c3ccccc3)c21. The van der Waals surface area contributed by atoms with Crippen molar-refractivity contribution in [2.45, 2.75) is 0 Å². The van der Waals surface area contributed by atoms with Gasteiger partial charge in [0.25, 0.3) is 0 Å². The Morgan fingerprint density at radius 2 is 1.02 bits per heavy atom. The number of aromatic nitrogens is 5. The molecule has 0 saturated heterocycles. The Morgan fingerprint density at radius 3 is 1.69 bits per heavy atom. The van der Waals surface area contributed by atoms with Crippen LogP contribution in [-0.2, 0) is 0 Å². The van der Waals surface area contributed by atoms with Crippen LogP contribution >= 0.6 is 0 Å². The highest BCUT2D eigenvalue weighted by atomic mass is 16.3. The van der Waals surface area contributed by atoms with Crippen LogP contribution in [-0.4, -0.2) is 24.1 Å². The second-order valence-corrected chi connectivity index (χ2v) is 14.7. The summed E-state index contributed by atoms with van der Waals surface area (Å²) < 4.78 is 11.4. The van der Waals surface area contributed by atoms with E-state index in [0.29, 0.717) is 23.0 Å². The van der Waals surface area contributed by atoms with E-state index < -0.39 is 0 Å². The van der Waals surface area contributed by atoms with E-state index in [-0.39, 0.29) is 0 Å². The molecule has 0 atom stereocenters. The molecule has 0 saturated carbocycles. The van der Waals surface area contributed by atoms with E-state index in [9.17, 15) is 5.26 Å². The van der Waals surface area contributed by atoms with Gasteiger partial charge in [0.2, 0.25) is 0 Å². The van der Waals surface area contributed by atoms with Crippen LogP contribution in [0.5, 0.6) is 0 Å². The molecule has 12 aromatic rings. The highest BCUT2D eigenvalue weighted by Gasteiger charge is 2.24. The summed E-state index contributed by atoms with van der Waals surface area (Å²) in [6.45, 7) is 0. The Morgan fingerprint density at radius 1 is 0.441 bits per heavy atom. The quantitative estimate of drug-likeness (QED) is 0.175. The summed E-state index contributed by atoms with van der Waals surface area (Å²) in [5.41, 5.74) is 10.6. The van der Waals surface area contributed by atoms with E-state index in [0.717, 1.165) is 88.2 Å². The zero-order valence-electron chi connectivity index (χ0n) is 31.4. The molecular formula is C52H30N6O. The zero-order chi connectivity index (χ0) is 39.0.